The lowest BCUT2D eigenvalue weighted by molar-refractivity contribution is -0.144. The molecule has 0 spiro atoms. The van der Waals surface area contributed by atoms with Crippen molar-refractivity contribution in [1.29, 1.82) is 0 Å². The smallest absolute Gasteiger partial charge is 0.451 e. The zero-order valence-corrected chi connectivity index (χ0v) is 14.6. The van der Waals surface area contributed by atoms with E-state index in [2.05, 4.69) is 5.32 Å². The van der Waals surface area contributed by atoms with Gasteiger partial charge in [-0.05, 0) is 44.5 Å². The Hall–Kier alpha value is -1.16. The lowest BCUT2D eigenvalue weighted by Crippen LogP contribution is -2.48. The minimum atomic E-state index is -1.39. The van der Waals surface area contributed by atoms with E-state index in [1.54, 1.807) is 0 Å². The highest BCUT2D eigenvalue weighted by molar-refractivity contribution is 6.40. The van der Waals surface area contributed by atoms with Crippen molar-refractivity contribution in [2.24, 2.45) is 11.7 Å². The van der Waals surface area contributed by atoms with Crippen molar-refractivity contribution in [3.05, 3.63) is 0 Å². The van der Waals surface area contributed by atoms with Crippen LogP contribution in [-0.4, -0.2) is 57.4 Å². The van der Waals surface area contributed by atoms with Crippen molar-refractivity contribution in [3.8, 4) is 0 Å². The number of nitrogens with two attached hydrogens (primary N) is 1. The molecule has 0 radical (unpaired) electrons. The minimum absolute atomic E-state index is 0.187. The molecule has 0 fully saturated rings. The molecule has 0 aromatic carbocycles. The average molecular weight is 346 g/mol. The number of rotatable bonds is 14. The molecule has 0 amide bonds. The molecule has 9 heteroatoms. The highest BCUT2D eigenvalue weighted by Gasteiger charge is 2.32. The fraction of sp³-hybridized carbons (Fsp3) is 0.867. The highest BCUT2D eigenvalue weighted by Crippen LogP contribution is 2.19. The molecule has 8 nitrogen and oxygen atoms in total. The molecular formula is C15H31BN2O6. The molecule has 0 aliphatic heterocycles. The van der Waals surface area contributed by atoms with Crippen molar-refractivity contribution in [2.75, 3.05) is 6.54 Å². The second kappa shape index (κ2) is 11.4. The molecule has 0 aromatic heterocycles. The number of nitrogens with one attached hydrogen (secondary N) is 1. The predicted octanol–water partition coefficient (Wildman–Crippen LogP) is 0.281. The third-order valence-corrected chi connectivity index (χ3v) is 3.96. The summed E-state index contributed by atoms with van der Waals surface area (Å²) in [4.78, 5) is 22.5. The Morgan fingerprint density at radius 3 is 2.17 bits per heavy atom. The molecule has 0 saturated heterocycles. The van der Waals surface area contributed by atoms with E-state index in [9.17, 15) is 14.7 Å². The van der Waals surface area contributed by atoms with Crippen molar-refractivity contribution >= 4 is 19.1 Å². The monoisotopic (exact) mass is 346 g/mol. The van der Waals surface area contributed by atoms with E-state index in [1.807, 2.05) is 13.8 Å². The van der Waals surface area contributed by atoms with Crippen LogP contribution in [0.5, 0.6) is 0 Å². The van der Waals surface area contributed by atoms with E-state index in [-0.39, 0.29) is 25.1 Å². The SMILES string of the molecule is CC(C)CC(NCCCC(N)(CCCCB(O)O)C(=O)O)C(=O)O. The molecule has 0 saturated carbocycles. The summed E-state index contributed by atoms with van der Waals surface area (Å²) < 4.78 is 0. The van der Waals surface area contributed by atoms with Gasteiger partial charge in [0.25, 0.3) is 0 Å². The maximum Gasteiger partial charge on any atom is 0.451 e. The molecule has 0 heterocycles. The summed E-state index contributed by atoms with van der Waals surface area (Å²) in [6.07, 6.45) is 2.58. The van der Waals surface area contributed by atoms with Gasteiger partial charge in [-0.25, -0.2) is 0 Å². The molecule has 0 rings (SSSR count). The Labute approximate surface area is 143 Å². The van der Waals surface area contributed by atoms with Gasteiger partial charge in [0.1, 0.15) is 11.6 Å². The van der Waals surface area contributed by atoms with E-state index in [0.717, 1.165) is 0 Å². The van der Waals surface area contributed by atoms with Crippen LogP contribution < -0.4 is 11.1 Å². The Balaban J connectivity index is 4.28. The summed E-state index contributed by atoms with van der Waals surface area (Å²) in [5.41, 5.74) is 4.57. The largest absolute Gasteiger partial charge is 0.480 e. The molecule has 2 unspecified atom stereocenters. The number of carboxylic acids is 2. The summed E-state index contributed by atoms with van der Waals surface area (Å²) in [5, 5.41) is 38.9. The van der Waals surface area contributed by atoms with Crippen molar-refractivity contribution in [3.63, 3.8) is 0 Å². The molecule has 0 aromatic rings. The van der Waals surface area contributed by atoms with Crippen LogP contribution in [0.15, 0.2) is 0 Å². The van der Waals surface area contributed by atoms with Gasteiger partial charge in [0.05, 0.1) is 0 Å². The molecule has 24 heavy (non-hydrogen) atoms. The standard InChI is InChI=1S/C15H31BN2O6/c1-11(2)10-12(13(19)20)18-9-5-7-15(17,14(21)22)6-3-4-8-16(23)24/h11-12,18,23-24H,3-10,17H2,1-2H3,(H,19,20)(H,21,22). The Morgan fingerprint density at radius 1 is 1.12 bits per heavy atom. The van der Waals surface area contributed by atoms with Gasteiger partial charge in [-0.1, -0.05) is 26.7 Å². The van der Waals surface area contributed by atoms with Crippen LogP contribution in [0.2, 0.25) is 6.32 Å². The van der Waals surface area contributed by atoms with E-state index in [0.29, 0.717) is 32.2 Å². The number of aliphatic carboxylic acids is 2. The fourth-order valence-electron chi connectivity index (χ4n) is 2.53. The summed E-state index contributed by atoms with van der Waals surface area (Å²) in [5.74, 6) is -1.76. The molecule has 0 aliphatic carbocycles. The second-order valence-corrected chi connectivity index (χ2v) is 6.77. The number of carbonyl (C=O) groups is 2. The van der Waals surface area contributed by atoms with Gasteiger partial charge in [-0.2, -0.15) is 0 Å². The van der Waals surface area contributed by atoms with Gasteiger partial charge >= 0.3 is 19.1 Å². The van der Waals surface area contributed by atoms with E-state index < -0.39 is 30.6 Å². The lowest BCUT2D eigenvalue weighted by atomic mass is 9.81. The normalized spacial score (nSPS) is 15.1. The highest BCUT2D eigenvalue weighted by atomic mass is 16.4. The molecule has 2 atom stereocenters. The number of hydrogen-bond acceptors (Lipinski definition) is 6. The maximum atomic E-state index is 11.4. The van der Waals surface area contributed by atoms with Crippen LogP contribution in [0, 0.1) is 5.92 Å². The average Bonchev–Trinajstić information content (AvgIpc) is 2.45. The van der Waals surface area contributed by atoms with Gasteiger partial charge in [-0.3, -0.25) is 9.59 Å². The zero-order chi connectivity index (χ0) is 18.8. The molecular weight excluding hydrogens is 315 g/mol. The second-order valence-electron chi connectivity index (χ2n) is 6.77. The van der Waals surface area contributed by atoms with Crippen molar-refractivity contribution < 1.29 is 29.9 Å². The maximum absolute atomic E-state index is 11.4. The van der Waals surface area contributed by atoms with Crippen LogP contribution >= 0.6 is 0 Å². The third-order valence-electron chi connectivity index (χ3n) is 3.96. The first-order valence-electron chi connectivity index (χ1n) is 8.43. The van der Waals surface area contributed by atoms with E-state index in [4.69, 9.17) is 20.9 Å². The fourth-order valence-corrected chi connectivity index (χ4v) is 2.53. The summed E-state index contributed by atoms with van der Waals surface area (Å²) in [6.45, 7) is 4.26. The number of unbranched alkanes of at least 4 members (excludes halogenated alkanes) is 1. The van der Waals surface area contributed by atoms with Gasteiger partial charge < -0.3 is 31.3 Å². The zero-order valence-electron chi connectivity index (χ0n) is 14.6. The summed E-state index contributed by atoms with van der Waals surface area (Å²) in [6, 6.07) is -0.645. The number of carboxylic acid groups (broad SMARTS) is 2. The van der Waals surface area contributed by atoms with Gasteiger partial charge in [0.2, 0.25) is 0 Å². The lowest BCUT2D eigenvalue weighted by Gasteiger charge is -2.25. The van der Waals surface area contributed by atoms with Crippen LogP contribution in [0.4, 0.5) is 0 Å². The summed E-state index contributed by atoms with van der Waals surface area (Å²) in [7, 11) is -1.39. The number of hydrogen-bond donors (Lipinski definition) is 6. The molecule has 140 valence electrons. The first-order valence-corrected chi connectivity index (χ1v) is 8.43. The predicted molar refractivity (Wildman–Crippen MR) is 91.5 cm³/mol. The van der Waals surface area contributed by atoms with E-state index in [1.165, 1.54) is 0 Å². The quantitative estimate of drug-likeness (QED) is 0.194. The van der Waals surface area contributed by atoms with Gasteiger partial charge in [-0.15, -0.1) is 0 Å². The Kier molecular flexibility index (Phi) is 10.9. The van der Waals surface area contributed by atoms with Gasteiger partial charge in [0.15, 0.2) is 0 Å². The first kappa shape index (κ1) is 22.8. The topological polar surface area (TPSA) is 153 Å². The van der Waals surface area contributed by atoms with Gasteiger partial charge in [0, 0.05) is 0 Å². The summed E-state index contributed by atoms with van der Waals surface area (Å²) >= 11 is 0. The van der Waals surface area contributed by atoms with Crippen molar-refractivity contribution in [2.45, 2.75) is 70.3 Å². The molecule has 0 bridgehead atoms. The minimum Gasteiger partial charge on any atom is -0.480 e. The third kappa shape index (κ3) is 9.87. The van der Waals surface area contributed by atoms with E-state index >= 15 is 0 Å². The van der Waals surface area contributed by atoms with Crippen LogP contribution in [0.25, 0.3) is 0 Å². The van der Waals surface area contributed by atoms with Crippen LogP contribution in [0.1, 0.15) is 52.4 Å². The molecule has 0 aliphatic rings. The molecule has 7 N–H and O–H groups in total. The van der Waals surface area contributed by atoms with Crippen LogP contribution in [-0.2, 0) is 9.59 Å². The van der Waals surface area contributed by atoms with Crippen molar-refractivity contribution in [1.82, 2.24) is 5.32 Å². The first-order chi connectivity index (χ1) is 11.1. The van der Waals surface area contributed by atoms with Crippen LogP contribution in [0.3, 0.4) is 0 Å². The Bertz CT molecular complexity index is 394. The Morgan fingerprint density at radius 2 is 1.71 bits per heavy atom.